The third kappa shape index (κ3) is 25.0. The van der Waals surface area contributed by atoms with Crippen LogP contribution in [0.25, 0.3) is 33.9 Å². The fourth-order valence-electron chi connectivity index (χ4n) is 16.5. The third-order valence-corrected chi connectivity index (χ3v) is 25.0. The number of anilines is 5. The second-order valence-electron chi connectivity index (χ2n) is 36.2. The molecule has 0 radical (unpaired) electrons. The van der Waals surface area contributed by atoms with Crippen molar-refractivity contribution in [2.75, 3.05) is 66.4 Å². The highest BCUT2D eigenvalue weighted by Crippen LogP contribution is 2.41. The normalized spacial score (nSPS) is 15.6. The molecule has 7 fully saturated rings. The Kier molecular flexibility index (Phi) is 29.5. The minimum absolute atomic E-state index is 0.0937. The van der Waals surface area contributed by atoms with Gasteiger partial charge in [-0.15, -0.1) is 30.6 Å². The summed E-state index contributed by atoms with van der Waals surface area (Å²) in [5.41, 5.74) is 16.1. The number of benzene rings is 2. The number of rotatable bonds is 37. The molecule has 22 rings (SSSR count). The summed E-state index contributed by atoms with van der Waals surface area (Å²) in [5, 5.41) is 53.5. The molecule has 27 nitrogen and oxygen atoms in total. The summed E-state index contributed by atoms with van der Waals surface area (Å²) in [6.07, 6.45) is 27.9. The van der Waals surface area contributed by atoms with Crippen LogP contribution < -0.4 is 31.3 Å². The summed E-state index contributed by atoms with van der Waals surface area (Å²) in [5.74, 6) is 15.5. The number of ether oxygens (including phenoxy) is 1. The molecule has 14 heterocycles. The van der Waals surface area contributed by atoms with E-state index in [0.717, 1.165) is 180 Å². The zero-order valence-corrected chi connectivity index (χ0v) is 76.7. The molecule has 0 spiro atoms. The maximum absolute atomic E-state index is 8.87. The molecule has 6 saturated carbocycles. The molecule has 6 aliphatic carbocycles. The van der Waals surface area contributed by atoms with E-state index in [2.05, 4.69) is 182 Å². The molecule has 682 valence electrons. The van der Waals surface area contributed by atoms with E-state index in [1.54, 1.807) is 15.2 Å². The number of aryl methyl sites for hydroxylation is 1. The van der Waals surface area contributed by atoms with Crippen LogP contribution in [-0.4, -0.2) is 148 Å². The van der Waals surface area contributed by atoms with E-state index >= 15 is 0 Å². The van der Waals surface area contributed by atoms with Crippen LogP contribution in [0.3, 0.4) is 0 Å². The van der Waals surface area contributed by atoms with Gasteiger partial charge < -0.3 is 41.3 Å². The van der Waals surface area contributed by atoms with Gasteiger partial charge in [0.15, 0.2) is 68.8 Å². The summed E-state index contributed by atoms with van der Waals surface area (Å²) in [7, 11) is 2.23. The number of unbranched alkanes of at least 4 members (excludes halogenated alkanes) is 1. The predicted molar refractivity (Wildman–Crippen MR) is 526 cm³/mol. The summed E-state index contributed by atoms with van der Waals surface area (Å²) >= 11 is 0. The van der Waals surface area contributed by atoms with Gasteiger partial charge in [-0.05, 0) is 261 Å². The fraction of sp³-hybridized carbons (Fsp3) is 0.381. The maximum Gasteiger partial charge on any atom is 0.222 e. The van der Waals surface area contributed by atoms with Gasteiger partial charge in [-0.1, -0.05) is 171 Å². The Bertz CT molecular complexity index is 6350. The van der Waals surface area contributed by atoms with Gasteiger partial charge in [-0.2, -0.15) is 27.1 Å². The first-order chi connectivity index (χ1) is 64.5. The van der Waals surface area contributed by atoms with Crippen molar-refractivity contribution < 1.29 is 9.84 Å². The number of likely N-dealkylation sites (tertiary alicyclic amines) is 1. The second-order valence-corrected chi connectivity index (χ2v) is 36.2. The molecule has 0 bridgehead atoms. The number of nitrogens with zero attached hydrogens (tertiary/aromatic N) is 20. The highest BCUT2D eigenvalue weighted by Gasteiger charge is 2.31. The lowest BCUT2D eigenvalue weighted by Crippen LogP contribution is -2.27. The molecule has 15 aromatic rings. The number of aliphatic hydroxyl groups is 1. The molecule has 1 atom stereocenters. The van der Waals surface area contributed by atoms with Crippen molar-refractivity contribution in [2.45, 2.75) is 181 Å². The molecule has 27 heteroatoms. The Balaban J connectivity index is 0.000000111. The van der Waals surface area contributed by atoms with Crippen molar-refractivity contribution in [2.24, 2.45) is 35.5 Å². The summed E-state index contributed by atoms with van der Waals surface area (Å²) in [4.78, 5) is 34.4. The average Bonchev–Trinajstić information content (AvgIpc) is 1.68. The van der Waals surface area contributed by atoms with Gasteiger partial charge in [0.05, 0.1) is 18.8 Å². The number of allylic oxidation sites excluding steroid dienone is 6. The molecule has 13 aromatic heterocycles. The Morgan fingerprint density at radius 1 is 0.379 bits per heavy atom. The highest BCUT2D eigenvalue weighted by molar-refractivity contribution is 5.54. The minimum Gasteiger partial charge on any atom is -0.439 e. The molecule has 6 N–H and O–H groups in total. The zero-order valence-electron chi connectivity index (χ0n) is 76.7. The Morgan fingerprint density at radius 2 is 0.735 bits per heavy atom. The molecule has 1 aliphatic heterocycles. The SMILES string of the molecule is C=C(Cc1nc2cccc(NCCC3CCCN3C)n2n1)C1CC1.C=C(Cc1nc2cccc(NCCCC)n2n1)C1CC1.C=C(Cc1nc2cccc(NCCO)n2n1)C1CC1.C=C(Cc1nc2cccc(NCc3ccccc3)n2n1)C1CC1.C=C(Cc1nc2cccc(NCc3ccccn3)n2n1)C1CC1.C=C(Cc1nc2cccc(Oc3cccc(C)c3)n2n1)C1CC1. The van der Waals surface area contributed by atoms with Crippen LogP contribution in [0, 0.1) is 42.4 Å². The number of aliphatic hydroxyl groups excluding tert-OH is 1. The largest absolute Gasteiger partial charge is 0.439 e. The van der Waals surface area contributed by atoms with E-state index in [4.69, 9.17) is 14.9 Å². The van der Waals surface area contributed by atoms with Crippen molar-refractivity contribution in [1.82, 2.24) is 97.5 Å². The molecular formula is C105H125N25O2. The van der Waals surface area contributed by atoms with E-state index < -0.39 is 0 Å². The van der Waals surface area contributed by atoms with Crippen molar-refractivity contribution >= 4 is 63.0 Å². The minimum atomic E-state index is 0.0937. The number of hydrogen-bond donors (Lipinski definition) is 6. The van der Waals surface area contributed by atoms with Gasteiger partial charge in [-0.25, -0.2) is 29.9 Å². The fourth-order valence-corrected chi connectivity index (χ4v) is 16.5. The van der Waals surface area contributed by atoms with E-state index in [1.807, 2.05) is 171 Å². The number of hydrogen-bond acceptors (Lipinski definition) is 21. The predicted octanol–water partition coefficient (Wildman–Crippen LogP) is 19.7. The van der Waals surface area contributed by atoms with Gasteiger partial charge in [0.2, 0.25) is 5.88 Å². The number of pyridine rings is 7. The molecule has 7 aliphatic rings. The first-order valence-corrected chi connectivity index (χ1v) is 47.4. The van der Waals surface area contributed by atoms with Gasteiger partial charge in [0.25, 0.3) is 0 Å². The van der Waals surface area contributed by atoms with Crippen molar-refractivity contribution in [1.29, 1.82) is 0 Å². The molecule has 0 amide bonds. The monoisotopic (exact) mass is 1770 g/mol. The highest BCUT2D eigenvalue weighted by atomic mass is 16.5. The van der Waals surface area contributed by atoms with Crippen LogP contribution in [-0.2, 0) is 51.6 Å². The standard InChI is InChI=1S/C19H27N5.C19H20N4.C19H19N3O.C18H19N5.C16H22N4.C14H18N4O/c1-14(15-8-9-15)13-17-21-19-7-3-6-18(24(19)22-17)20-11-10-16-5-4-12-23(16)2;1-14(16-10-11-16)12-17-21-19-9-5-8-18(23(19)22-17)20-13-15-6-3-2-4-7-15;1-13-5-3-6-16(11-13)23-19-8-4-7-18-20-17(21-22(18)19)12-14(2)15-9-10-15;1-13(14-8-9-14)11-16-21-18-7-4-6-17(23(18)22-16)20-12-15-5-2-3-10-19-15;1-3-4-10-17-15-6-5-7-16-18-14(19-20(15)16)11-12(2)13-8-9-13;1-10(11-5-6-11)9-12-16-14-4-2-3-13(15-7-8-19)18(14)17-12/h3,6-7,15-16,20H,1,4-5,8-13H2,2H3;2-9,16,20H,1,10-13H2;3-8,11,15H,2,9-10,12H2,1H3;2-7,10,14,20H,1,8-9,11-12H2;5-7,13,17H,2-4,8-11H2,1H3;2-4,11,15,19H,1,5-9H2. The lowest BCUT2D eigenvalue weighted by molar-refractivity contribution is 0.301. The van der Waals surface area contributed by atoms with Gasteiger partial charge >= 0.3 is 0 Å². The summed E-state index contributed by atoms with van der Waals surface area (Å²) in [6.45, 7) is 34.4. The van der Waals surface area contributed by atoms with E-state index in [0.29, 0.717) is 60.5 Å². The van der Waals surface area contributed by atoms with Gasteiger partial charge in [-0.3, -0.25) is 4.98 Å². The number of nitrogens with one attached hydrogen (secondary N) is 5. The van der Waals surface area contributed by atoms with Crippen LogP contribution in [0.15, 0.2) is 261 Å². The van der Waals surface area contributed by atoms with E-state index in [1.165, 1.54) is 148 Å². The maximum atomic E-state index is 8.87. The molecule has 2 aromatic carbocycles. The Labute approximate surface area is 773 Å². The smallest absolute Gasteiger partial charge is 0.222 e. The first-order valence-electron chi connectivity index (χ1n) is 47.4. The van der Waals surface area contributed by atoms with Crippen molar-refractivity contribution in [3.8, 4) is 11.6 Å². The second kappa shape index (κ2) is 43.0. The van der Waals surface area contributed by atoms with Gasteiger partial charge in [0.1, 0.15) is 34.8 Å². The number of aromatic nitrogens is 19. The van der Waals surface area contributed by atoms with Crippen LogP contribution in [0.1, 0.15) is 168 Å². The van der Waals surface area contributed by atoms with Crippen molar-refractivity contribution in [3.05, 3.63) is 313 Å². The molecule has 1 unspecified atom stereocenters. The molecular weight excluding hydrogens is 1640 g/mol. The Hall–Kier alpha value is -13.5. The average molecular weight is 1770 g/mol. The van der Waals surface area contributed by atoms with Crippen LogP contribution in [0.5, 0.6) is 11.6 Å². The van der Waals surface area contributed by atoms with Crippen molar-refractivity contribution in [3.63, 3.8) is 0 Å². The van der Waals surface area contributed by atoms with E-state index in [9.17, 15) is 0 Å². The van der Waals surface area contributed by atoms with Gasteiger partial charge in [0, 0.05) is 83.0 Å². The summed E-state index contributed by atoms with van der Waals surface area (Å²) in [6, 6.07) is 60.8. The molecule has 132 heavy (non-hydrogen) atoms. The number of fused-ring (bicyclic) bond motifs is 6. The van der Waals surface area contributed by atoms with Crippen LogP contribution in [0.2, 0.25) is 0 Å². The lowest BCUT2D eigenvalue weighted by Gasteiger charge is -2.19. The van der Waals surface area contributed by atoms with Crippen LogP contribution >= 0.6 is 0 Å². The summed E-state index contributed by atoms with van der Waals surface area (Å²) < 4.78 is 17.1. The molecule has 1 saturated heterocycles. The van der Waals surface area contributed by atoms with E-state index in [-0.39, 0.29) is 6.61 Å². The first kappa shape index (κ1) is 90.4. The Morgan fingerprint density at radius 3 is 1.10 bits per heavy atom. The zero-order chi connectivity index (χ0) is 90.8. The topological polar surface area (TPSA) is 287 Å². The third-order valence-electron chi connectivity index (χ3n) is 25.0. The quantitative estimate of drug-likeness (QED) is 0.0156. The van der Waals surface area contributed by atoms with Crippen LogP contribution in [0.4, 0.5) is 29.1 Å². The lowest BCUT2D eigenvalue weighted by atomic mass is 10.1.